The van der Waals surface area contributed by atoms with Gasteiger partial charge in [-0.1, -0.05) is 0 Å². The molecule has 0 radical (unpaired) electrons. The van der Waals surface area contributed by atoms with Crippen molar-refractivity contribution in [2.75, 3.05) is 26.2 Å². The Bertz CT molecular complexity index is 342. The van der Waals surface area contributed by atoms with Gasteiger partial charge in [0.25, 0.3) is 0 Å². The number of amides is 2. The molecule has 0 aromatic carbocycles. The zero-order valence-electron chi connectivity index (χ0n) is 11.4. The number of nitrogens with zero attached hydrogens (tertiary/aromatic N) is 1. The van der Waals surface area contributed by atoms with E-state index in [1.807, 2.05) is 6.92 Å². The van der Waals surface area contributed by atoms with Crippen molar-refractivity contribution in [3.63, 3.8) is 0 Å². The SMILES string of the molecule is CC1CC(C(=O)N(CC(N)=O)C2CCCNC2)CO1. The molecule has 0 aliphatic carbocycles. The molecule has 2 aliphatic rings. The van der Waals surface area contributed by atoms with Crippen LogP contribution in [-0.2, 0) is 14.3 Å². The smallest absolute Gasteiger partial charge is 0.237 e. The highest BCUT2D eigenvalue weighted by molar-refractivity contribution is 5.85. The lowest BCUT2D eigenvalue weighted by molar-refractivity contribution is -0.141. The first-order valence-corrected chi connectivity index (χ1v) is 6.99. The minimum absolute atomic E-state index is 0.00998. The number of rotatable bonds is 4. The minimum atomic E-state index is -0.453. The second-order valence-electron chi connectivity index (χ2n) is 5.51. The summed E-state index contributed by atoms with van der Waals surface area (Å²) in [6.07, 6.45) is 2.79. The number of piperidine rings is 1. The summed E-state index contributed by atoms with van der Waals surface area (Å²) in [7, 11) is 0. The third-order valence-electron chi connectivity index (χ3n) is 3.87. The van der Waals surface area contributed by atoms with Gasteiger partial charge >= 0.3 is 0 Å². The van der Waals surface area contributed by atoms with E-state index in [0.717, 1.165) is 32.4 Å². The van der Waals surface area contributed by atoms with Crippen LogP contribution in [0.2, 0.25) is 0 Å². The number of hydrogen-bond acceptors (Lipinski definition) is 4. The summed E-state index contributed by atoms with van der Waals surface area (Å²) in [6, 6.07) is 0.0738. The number of nitrogens with two attached hydrogens (primary N) is 1. The third kappa shape index (κ3) is 3.67. The van der Waals surface area contributed by atoms with E-state index < -0.39 is 5.91 Å². The van der Waals surface area contributed by atoms with E-state index in [4.69, 9.17) is 10.5 Å². The fourth-order valence-corrected chi connectivity index (χ4v) is 2.88. The molecule has 19 heavy (non-hydrogen) atoms. The number of ether oxygens (including phenoxy) is 1. The fraction of sp³-hybridized carbons (Fsp3) is 0.846. The van der Waals surface area contributed by atoms with Gasteiger partial charge in [0.05, 0.1) is 25.2 Å². The lowest BCUT2D eigenvalue weighted by Gasteiger charge is -2.35. The lowest BCUT2D eigenvalue weighted by atomic mass is 10.0. The molecule has 3 atom stereocenters. The largest absolute Gasteiger partial charge is 0.378 e. The van der Waals surface area contributed by atoms with E-state index in [9.17, 15) is 9.59 Å². The zero-order chi connectivity index (χ0) is 13.8. The standard InChI is InChI=1S/C13H23N3O3/c1-9-5-10(8-19-9)13(18)16(7-12(14)17)11-3-2-4-15-6-11/h9-11,15H,2-8H2,1H3,(H2,14,17). The molecule has 2 heterocycles. The number of nitrogens with one attached hydrogen (secondary N) is 1. The molecular weight excluding hydrogens is 246 g/mol. The van der Waals surface area contributed by atoms with E-state index in [1.165, 1.54) is 0 Å². The van der Waals surface area contributed by atoms with Gasteiger partial charge in [-0.3, -0.25) is 9.59 Å². The van der Waals surface area contributed by atoms with Crippen LogP contribution in [-0.4, -0.2) is 55.1 Å². The van der Waals surface area contributed by atoms with Gasteiger partial charge in [0.15, 0.2) is 0 Å². The van der Waals surface area contributed by atoms with Crippen molar-refractivity contribution in [3.8, 4) is 0 Å². The summed E-state index contributed by atoms with van der Waals surface area (Å²) < 4.78 is 5.45. The summed E-state index contributed by atoms with van der Waals surface area (Å²) in [5, 5.41) is 3.27. The Labute approximate surface area is 113 Å². The van der Waals surface area contributed by atoms with Gasteiger partial charge in [-0.15, -0.1) is 0 Å². The van der Waals surface area contributed by atoms with Gasteiger partial charge in [-0.05, 0) is 32.7 Å². The normalized spacial score (nSPS) is 31.1. The monoisotopic (exact) mass is 269 g/mol. The Morgan fingerprint density at radius 3 is 2.79 bits per heavy atom. The van der Waals surface area contributed by atoms with Crippen molar-refractivity contribution >= 4 is 11.8 Å². The summed E-state index contributed by atoms with van der Waals surface area (Å²) in [4.78, 5) is 25.4. The predicted octanol–water partition coefficient (Wildman–Crippen LogP) is -0.523. The third-order valence-corrected chi connectivity index (χ3v) is 3.87. The van der Waals surface area contributed by atoms with E-state index in [2.05, 4.69) is 5.32 Å². The highest BCUT2D eigenvalue weighted by atomic mass is 16.5. The Balaban J connectivity index is 2.03. The van der Waals surface area contributed by atoms with E-state index >= 15 is 0 Å². The summed E-state index contributed by atoms with van der Waals surface area (Å²) in [5.41, 5.74) is 5.28. The van der Waals surface area contributed by atoms with Crippen molar-refractivity contribution in [2.45, 2.75) is 38.3 Å². The number of carbonyl (C=O) groups is 2. The van der Waals surface area contributed by atoms with Crippen LogP contribution in [0.3, 0.4) is 0 Å². The van der Waals surface area contributed by atoms with Crippen molar-refractivity contribution in [1.82, 2.24) is 10.2 Å². The van der Waals surface area contributed by atoms with Crippen LogP contribution >= 0.6 is 0 Å². The first kappa shape index (κ1) is 14.3. The van der Waals surface area contributed by atoms with Crippen molar-refractivity contribution in [2.24, 2.45) is 11.7 Å². The van der Waals surface area contributed by atoms with Crippen LogP contribution in [0, 0.1) is 5.92 Å². The van der Waals surface area contributed by atoms with Gasteiger partial charge < -0.3 is 20.7 Å². The molecule has 0 spiro atoms. The molecule has 2 amide bonds. The van der Waals surface area contributed by atoms with Crippen molar-refractivity contribution < 1.29 is 14.3 Å². The first-order chi connectivity index (χ1) is 9.08. The Kier molecular flexibility index (Phi) is 4.76. The predicted molar refractivity (Wildman–Crippen MR) is 70.3 cm³/mol. The van der Waals surface area contributed by atoms with Gasteiger partial charge in [-0.25, -0.2) is 0 Å². The van der Waals surface area contributed by atoms with Gasteiger partial charge in [0.2, 0.25) is 11.8 Å². The van der Waals surface area contributed by atoms with Gasteiger partial charge in [-0.2, -0.15) is 0 Å². The van der Waals surface area contributed by atoms with Crippen LogP contribution in [0.1, 0.15) is 26.2 Å². The molecular formula is C13H23N3O3. The maximum Gasteiger partial charge on any atom is 0.237 e. The van der Waals surface area contributed by atoms with Crippen LogP contribution in [0.5, 0.6) is 0 Å². The Morgan fingerprint density at radius 1 is 1.47 bits per heavy atom. The molecule has 2 fully saturated rings. The summed E-state index contributed by atoms with van der Waals surface area (Å²) >= 11 is 0. The number of hydrogen-bond donors (Lipinski definition) is 2. The molecule has 2 saturated heterocycles. The lowest BCUT2D eigenvalue weighted by Crippen LogP contribution is -2.53. The second kappa shape index (κ2) is 6.34. The first-order valence-electron chi connectivity index (χ1n) is 6.99. The highest BCUT2D eigenvalue weighted by Crippen LogP contribution is 2.23. The van der Waals surface area contributed by atoms with E-state index in [1.54, 1.807) is 4.90 Å². The molecule has 0 bridgehead atoms. The average molecular weight is 269 g/mol. The van der Waals surface area contributed by atoms with Gasteiger partial charge in [0.1, 0.15) is 0 Å². The van der Waals surface area contributed by atoms with Crippen LogP contribution in [0.25, 0.3) is 0 Å². The molecule has 108 valence electrons. The molecule has 6 heteroatoms. The molecule has 2 aliphatic heterocycles. The fourth-order valence-electron chi connectivity index (χ4n) is 2.88. The van der Waals surface area contributed by atoms with Crippen LogP contribution in [0.15, 0.2) is 0 Å². The average Bonchev–Trinajstić information content (AvgIpc) is 2.83. The van der Waals surface area contributed by atoms with E-state index in [-0.39, 0.29) is 30.5 Å². The summed E-state index contributed by atoms with van der Waals surface area (Å²) in [6.45, 7) is 4.14. The molecule has 3 N–H and O–H groups in total. The Hall–Kier alpha value is -1.14. The molecule has 3 unspecified atom stereocenters. The zero-order valence-corrected chi connectivity index (χ0v) is 11.4. The maximum atomic E-state index is 12.5. The highest BCUT2D eigenvalue weighted by Gasteiger charge is 2.35. The quantitative estimate of drug-likeness (QED) is 0.719. The van der Waals surface area contributed by atoms with E-state index in [0.29, 0.717) is 6.61 Å². The minimum Gasteiger partial charge on any atom is -0.378 e. The van der Waals surface area contributed by atoms with Crippen molar-refractivity contribution in [3.05, 3.63) is 0 Å². The topological polar surface area (TPSA) is 84.7 Å². The maximum absolute atomic E-state index is 12.5. The molecule has 0 aromatic heterocycles. The summed E-state index contributed by atoms with van der Waals surface area (Å²) in [5.74, 6) is -0.570. The Morgan fingerprint density at radius 2 is 2.26 bits per heavy atom. The number of carbonyl (C=O) groups excluding carboxylic acids is 2. The van der Waals surface area contributed by atoms with Gasteiger partial charge in [0, 0.05) is 12.6 Å². The molecule has 6 nitrogen and oxygen atoms in total. The molecule has 0 aromatic rings. The number of primary amides is 1. The van der Waals surface area contributed by atoms with Crippen LogP contribution in [0.4, 0.5) is 0 Å². The second-order valence-corrected chi connectivity index (χ2v) is 5.51. The molecule has 2 rings (SSSR count). The van der Waals surface area contributed by atoms with Crippen LogP contribution < -0.4 is 11.1 Å². The molecule has 0 saturated carbocycles. The van der Waals surface area contributed by atoms with Crippen molar-refractivity contribution in [1.29, 1.82) is 0 Å².